The number of sulfonamides is 1. The summed E-state index contributed by atoms with van der Waals surface area (Å²) in [4.78, 5) is 24.2. The van der Waals surface area contributed by atoms with Crippen molar-refractivity contribution in [3.8, 4) is 5.75 Å². The molecule has 0 aliphatic carbocycles. The van der Waals surface area contributed by atoms with Crippen molar-refractivity contribution < 1.29 is 22.7 Å². The Morgan fingerprint density at radius 3 is 2.37 bits per heavy atom. The Hall–Kier alpha value is -2.13. The van der Waals surface area contributed by atoms with E-state index in [4.69, 9.17) is 4.74 Å². The molecule has 1 fully saturated rings. The van der Waals surface area contributed by atoms with Crippen LogP contribution in [0.5, 0.6) is 5.75 Å². The van der Waals surface area contributed by atoms with Crippen LogP contribution in [-0.2, 0) is 14.8 Å². The first-order valence-corrected chi connectivity index (χ1v) is 6.68. The molecule has 1 aliphatic heterocycles. The molecule has 19 heavy (non-hydrogen) atoms. The van der Waals surface area contributed by atoms with E-state index in [2.05, 4.69) is 0 Å². The maximum absolute atomic E-state index is 12.0. The van der Waals surface area contributed by atoms with E-state index in [1.165, 1.54) is 31.4 Å². The van der Waals surface area contributed by atoms with Crippen molar-refractivity contribution in [3.63, 3.8) is 0 Å². The maximum atomic E-state index is 12.0. The Balaban J connectivity index is 2.18. The summed E-state index contributed by atoms with van der Waals surface area (Å²) < 4.78 is 28.8. The van der Waals surface area contributed by atoms with Gasteiger partial charge in [0.15, 0.2) is 0 Å². The van der Waals surface area contributed by atoms with Crippen LogP contribution in [0.15, 0.2) is 29.2 Å². The van der Waals surface area contributed by atoms with Gasteiger partial charge in [-0.25, -0.2) is 18.2 Å². The Kier molecular flexibility index (Phi) is 3.40. The van der Waals surface area contributed by atoms with E-state index in [0.29, 0.717) is 10.8 Å². The minimum atomic E-state index is -3.92. The summed E-state index contributed by atoms with van der Waals surface area (Å²) in [6.45, 7) is -0.353. The van der Waals surface area contributed by atoms with Crippen LogP contribution >= 0.6 is 0 Å². The zero-order valence-electron chi connectivity index (χ0n) is 9.91. The average molecular weight is 285 g/mol. The molecule has 2 N–H and O–H groups in total. The molecular weight excluding hydrogens is 274 g/mol. The molecule has 8 nitrogen and oxygen atoms in total. The van der Waals surface area contributed by atoms with E-state index in [1.807, 2.05) is 10.1 Å². The molecule has 102 valence electrons. The highest BCUT2D eigenvalue weighted by atomic mass is 32.2. The summed E-state index contributed by atoms with van der Waals surface area (Å²) in [5, 5.41) is 2.66. The molecule has 1 saturated heterocycles. The van der Waals surface area contributed by atoms with Crippen LogP contribution in [0.4, 0.5) is 4.79 Å². The molecule has 0 bridgehead atoms. The number of rotatable bonds is 4. The predicted octanol–water partition coefficient (Wildman–Crippen LogP) is -0.560. The summed E-state index contributed by atoms with van der Waals surface area (Å²) in [6, 6.07) is 4.81. The second-order valence-electron chi connectivity index (χ2n) is 3.71. The lowest BCUT2D eigenvalue weighted by Crippen LogP contribution is -2.43. The van der Waals surface area contributed by atoms with E-state index in [1.54, 1.807) is 0 Å². The lowest BCUT2D eigenvalue weighted by Gasteiger charge is -2.14. The summed E-state index contributed by atoms with van der Waals surface area (Å²) in [5.74, 6) is -0.0597. The van der Waals surface area contributed by atoms with E-state index in [0.717, 1.165) is 0 Å². The molecule has 3 amide bonds. The SMILES string of the molecule is COc1ccc(S(=O)(=O)NN2CC(=O)NC2=O)cc1. The molecule has 1 aromatic rings. The highest BCUT2D eigenvalue weighted by Gasteiger charge is 2.30. The summed E-state index contributed by atoms with van der Waals surface area (Å²) in [5.41, 5.74) is 0. The number of imide groups is 1. The molecule has 2 rings (SSSR count). The molecule has 0 saturated carbocycles. The van der Waals surface area contributed by atoms with Crippen LogP contribution in [0.3, 0.4) is 0 Å². The van der Waals surface area contributed by atoms with Crippen LogP contribution in [0.1, 0.15) is 0 Å². The number of methoxy groups -OCH3 is 1. The van der Waals surface area contributed by atoms with Crippen LogP contribution in [-0.4, -0.2) is 39.0 Å². The van der Waals surface area contributed by atoms with Crippen molar-refractivity contribution in [1.82, 2.24) is 15.2 Å². The standard InChI is InChI=1S/C10H11N3O5S/c1-18-7-2-4-8(5-3-7)19(16,17)12-13-6-9(14)11-10(13)15/h2-5,12H,6H2,1H3,(H,11,14,15). The molecule has 1 heterocycles. The minimum Gasteiger partial charge on any atom is -0.497 e. The Morgan fingerprint density at radius 1 is 1.26 bits per heavy atom. The second-order valence-corrected chi connectivity index (χ2v) is 5.37. The van der Waals surface area contributed by atoms with Crippen molar-refractivity contribution in [2.45, 2.75) is 4.90 Å². The van der Waals surface area contributed by atoms with Gasteiger partial charge in [0.25, 0.3) is 10.0 Å². The van der Waals surface area contributed by atoms with E-state index < -0.39 is 22.0 Å². The number of benzene rings is 1. The van der Waals surface area contributed by atoms with Crippen molar-refractivity contribution in [3.05, 3.63) is 24.3 Å². The third-order valence-electron chi connectivity index (χ3n) is 2.39. The van der Waals surface area contributed by atoms with Gasteiger partial charge in [0.2, 0.25) is 5.91 Å². The maximum Gasteiger partial charge on any atom is 0.339 e. The first kappa shape index (κ1) is 13.3. The molecule has 9 heteroatoms. The van der Waals surface area contributed by atoms with Crippen molar-refractivity contribution in [2.75, 3.05) is 13.7 Å². The number of ether oxygens (including phenoxy) is 1. The molecule has 0 atom stereocenters. The number of hydrogen-bond donors (Lipinski definition) is 2. The molecule has 0 aromatic heterocycles. The molecule has 0 spiro atoms. The van der Waals surface area contributed by atoms with E-state index in [-0.39, 0.29) is 11.4 Å². The molecule has 0 unspecified atom stereocenters. The van der Waals surface area contributed by atoms with Gasteiger partial charge in [-0.15, -0.1) is 4.83 Å². The summed E-state index contributed by atoms with van der Waals surface area (Å²) in [7, 11) is -2.46. The second kappa shape index (κ2) is 4.86. The van der Waals surface area contributed by atoms with Crippen molar-refractivity contribution in [1.29, 1.82) is 0 Å². The smallest absolute Gasteiger partial charge is 0.339 e. The van der Waals surface area contributed by atoms with Crippen molar-refractivity contribution in [2.24, 2.45) is 0 Å². The number of hydrogen-bond acceptors (Lipinski definition) is 5. The van der Waals surface area contributed by atoms with Crippen LogP contribution in [0.25, 0.3) is 0 Å². The fourth-order valence-electron chi connectivity index (χ4n) is 1.47. The first-order valence-electron chi connectivity index (χ1n) is 5.20. The number of urea groups is 1. The average Bonchev–Trinajstić information content (AvgIpc) is 2.67. The fourth-order valence-corrected chi connectivity index (χ4v) is 2.51. The molecular formula is C10H11N3O5S. The largest absolute Gasteiger partial charge is 0.497 e. The Morgan fingerprint density at radius 2 is 1.89 bits per heavy atom. The third kappa shape index (κ3) is 2.83. The van der Waals surface area contributed by atoms with Crippen molar-refractivity contribution >= 4 is 22.0 Å². The monoisotopic (exact) mass is 285 g/mol. The number of amides is 3. The van der Waals surface area contributed by atoms with Gasteiger partial charge in [-0.3, -0.25) is 10.1 Å². The van der Waals surface area contributed by atoms with Gasteiger partial charge >= 0.3 is 6.03 Å². The zero-order valence-corrected chi connectivity index (χ0v) is 10.7. The lowest BCUT2D eigenvalue weighted by molar-refractivity contribution is -0.118. The van der Waals surface area contributed by atoms with Gasteiger partial charge in [-0.05, 0) is 24.3 Å². The first-order chi connectivity index (χ1) is 8.92. The predicted molar refractivity (Wildman–Crippen MR) is 63.6 cm³/mol. The third-order valence-corrected chi connectivity index (χ3v) is 3.75. The zero-order chi connectivity index (χ0) is 14.0. The molecule has 1 aromatic carbocycles. The van der Waals surface area contributed by atoms with Crippen LogP contribution < -0.4 is 14.9 Å². The summed E-state index contributed by atoms with van der Waals surface area (Å²) >= 11 is 0. The number of nitrogens with zero attached hydrogens (tertiary/aromatic N) is 1. The highest BCUT2D eigenvalue weighted by Crippen LogP contribution is 2.15. The van der Waals surface area contributed by atoms with Gasteiger partial charge in [0, 0.05) is 0 Å². The van der Waals surface area contributed by atoms with E-state index in [9.17, 15) is 18.0 Å². The fraction of sp³-hybridized carbons (Fsp3) is 0.200. The normalized spacial score (nSPS) is 15.5. The number of carbonyl (C=O) groups is 2. The highest BCUT2D eigenvalue weighted by molar-refractivity contribution is 7.89. The Bertz CT molecular complexity index is 611. The molecule has 1 aliphatic rings. The lowest BCUT2D eigenvalue weighted by atomic mass is 10.3. The van der Waals surface area contributed by atoms with Gasteiger partial charge in [-0.1, -0.05) is 0 Å². The molecule has 0 radical (unpaired) electrons. The van der Waals surface area contributed by atoms with Crippen LogP contribution in [0, 0.1) is 0 Å². The Labute approximate surface area is 109 Å². The summed E-state index contributed by atoms with van der Waals surface area (Å²) in [6.07, 6.45) is 0. The topological polar surface area (TPSA) is 105 Å². The number of carbonyl (C=O) groups excluding carboxylic acids is 2. The van der Waals surface area contributed by atoms with E-state index >= 15 is 0 Å². The minimum absolute atomic E-state index is 0.0413. The number of hydrazine groups is 1. The van der Waals surface area contributed by atoms with Gasteiger partial charge < -0.3 is 4.74 Å². The van der Waals surface area contributed by atoms with Gasteiger partial charge in [-0.2, -0.15) is 0 Å². The van der Waals surface area contributed by atoms with Gasteiger partial charge in [0.05, 0.1) is 12.0 Å². The van der Waals surface area contributed by atoms with Crippen LogP contribution in [0.2, 0.25) is 0 Å². The quantitative estimate of drug-likeness (QED) is 0.722. The number of nitrogens with one attached hydrogen (secondary N) is 2. The van der Waals surface area contributed by atoms with Gasteiger partial charge in [0.1, 0.15) is 12.3 Å².